The Morgan fingerprint density at radius 2 is 0.368 bits per heavy atom. The first-order valence-electron chi connectivity index (χ1n) is 47.0. The molecule has 0 amide bonds. The number of hydrogen-bond donors (Lipinski definition) is 4. The molecule has 16 bridgehead atoms. The molecule has 40 atom stereocenters. The van der Waals surface area contributed by atoms with Crippen molar-refractivity contribution in [3.8, 4) is 23.0 Å². The van der Waals surface area contributed by atoms with E-state index in [1.165, 1.54) is 97.1 Å². The molecule has 44 nitrogen and oxygen atoms in total. The molecule has 0 spiro atoms. The maximum atomic E-state index is 12.0. The van der Waals surface area contributed by atoms with E-state index in [9.17, 15) is 80.1 Å². The highest BCUT2D eigenvalue weighted by Crippen LogP contribution is 2.57. The lowest BCUT2D eigenvalue weighted by molar-refractivity contribution is -0.385. The van der Waals surface area contributed by atoms with Crippen molar-refractivity contribution < 1.29 is 173 Å². The van der Waals surface area contributed by atoms with Crippen molar-refractivity contribution >= 4 is 47.4 Å². The summed E-state index contributed by atoms with van der Waals surface area (Å²) in [6, 6.07) is 21.1. The highest BCUT2D eigenvalue weighted by Gasteiger charge is 2.63. The number of ether oxygens (including phenoxy) is 24. The molecular formula is C92H108N4O40. The quantitative estimate of drug-likeness (QED) is 0.0340. The second-order valence-corrected chi connectivity index (χ2v) is 39.6. The molecule has 16 heterocycles. The van der Waals surface area contributed by atoms with Crippen molar-refractivity contribution in [3.63, 3.8) is 0 Å². The molecule has 4 N–H and O–H groups in total. The average Bonchev–Trinajstić information content (AvgIpc) is 1.60. The van der Waals surface area contributed by atoms with E-state index >= 15 is 0 Å². The molecule has 4 aromatic carbocycles. The predicted octanol–water partition coefficient (Wildman–Crippen LogP) is 8.41. The number of aliphatic hydroxyl groups is 4. The third kappa shape index (κ3) is 18.8. The van der Waals surface area contributed by atoms with Crippen LogP contribution in [0.15, 0.2) is 97.1 Å². The highest BCUT2D eigenvalue weighted by atomic mass is 16.8. The van der Waals surface area contributed by atoms with Crippen LogP contribution in [0.5, 0.6) is 23.0 Å². The summed E-state index contributed by atoms with van der Waals surface area (Å²) in [6.45, 7) is 9.78. The van der Waals surface area contributed by atoms with Crippen molar-refractivity contribution in [3.05, 3.63) is 138 Å². The molecule has 8 aliphatic carbocycles. The number of rotatable bonds is 12. The van der Waals surface area contributed by atoms with E-state index in [-0.39, 0.29) is 216 Å². The van der Waals surface area contributed by atoms with E-state index in [0.29, 0.717) is 177 Å². The number of non-ortho nitro benzene ring substituents is 4. The predicted molar refractivity (Wildman–Crippen MR) is 446 cm³/mol. The van der Waals surface area contributed by atoms with Gasteiger partial charge in [0.15, 0.2) is 50.3 Å². The summed E-state index contributed by atoms with van der Waals surface area (Å²) < 4.78 is 130. The van der Waals surface area contributed by atoms with Crippen molar-refractivity contribution in [2.75, 3.05) is 106 Å². The average molecular weight is 1910 g/mol. The number of benzene rings is 4. The monoisotopic (exact) mass is 1910 g/mol. The lowest BCUT2D eigenvalue weighted by Crippen LogP contribution is -2.34. The van der Waals surface area contributed by atoms with Gasteiger partial charge in [-0.2, -0.15) is 0 Å². The molecule has 40 unspecified atom stereocenters. The summed E-state index contributed by atoms with van der Waals surface area (Å²) >= 11 is 0. The van der Waals surface area contributed by atoms with Crippen LogP contribution in [0.2, 0.25) is 0 Å². The number of nitro groups is 4. The third-order valence-corrected chi connectivity index (χ3v) is 32.4. The molecule has 44 heteroatoms. The van der Waals surface area contributed by atoms with Crippen molar-refractivity contribution in [2.24, 2.45) is 142 Å². The zero-order chi connectivity index (χ0) is 93.6. The first-order valence-corrected chi connectivity index (χ1v) is 47.0. The number of carbonyl (C=O) groups is 4. The first-order chi connectivity index (χ1) is 65.9. The fourth-order valence-corrected chi connectivity index (χ4v) is 25.6. The summed E-state index contributed by atoms with van der Waals surface area (Å²) in [5.74, 6) is 8.27. The fourth-order valence-electron chi connectivity index (χ4n) is 25.6. The smallest absolute Gasteiger partial charge is 0.430 e. The summed E-state index contributed by atoms with van der Waals surface area (Å²) in [4.78, 5) is 88.3. The molecule has 24 aliphatic rings. The second kappa shape index (κ2) is 39.4. The molecule has 28 rings (SSSR count). The van der Waals surface area contributed by atoms with E-state index in [2.05, 4.69) is 0 Å². The normalized spacial score (nSPS) is 42.6. The summed E-state index contributed by atoms with van der Waals surface area (Å²) in [7, 11) is 0. The number of nitrogens with zero attached hydrogens (tertiary/aromatic N) is 4. The molecule has 0 aromatic heterocycles. The van der Waals surface area contributed by atoms with Gasteiger partial charge in [-0.3, -0.25) is 40.5 Å². The number of nitro benzene ring substituents is 4. The first kappa shape index (κ1) is 93.1. The number of aliphatic hydroxyl groups excluding tert-OH is 4. The van der Waals surface area contributed by atoms with Crippen LogP contribution in [-0.2, 0) is 94.7 Å². The van der Waals surface area contributed by atoms with Crippen LogP contribution in [0.25, 0.3) is 0 Å². The van der Waals surface area contributed by atoms with Gasteiger partial charge in [-0.25, -0.2) is 19.2 Å². The van der Waals surface area contributed by atoms with Gasteiger partial charge >= 0.3 is 24.6 Å². The lowest BCUT2D eigenvalue weighted by atomic mass is 9.98. The van der Waals surface area contributed by atoms with Gasteiger partial charge < -0.3 is 134 Å². The molecule has 16 aliphatic heterocycles. The van der Waals surface area contributed by atoms with Crippen molar-refractivity contribution in [1.29, 1.82) is 0 Å². The SMILES string of the molecule is O=C(Oc1ccc([N+](=O)[O-])cc1)OC1C2COC3OCC1C3C2.O=C(Oc1ccc([N+](=O)[O-])cc1)OC1C2COC3OCC1C3C2.O=C(Oc1ccc([N+](=O)[O-])cc1)OC1C2COC3OCC1C3C2.O=C(Oc1ccc([N+](=O)[O-])cc1)OC1C2COC3OCC1C3C2.OC1C2COC3OCC1C3C2.OC1C2COC3OCC1C3C2.OC1C2COC3OCC1C3C2.OC1C2COC3OCC1C3C2. The summed E-state index contributed by atoms with van der Waals surface area (Å²) in [5, 5.41) is 81.3. The van der Waals surface area contributed by atoms with Crippen LogP contribution in [0, 0.1) is 182 Å². The van der Waals surface area contributed by atoms with E-state index in [1.54, 1.807) is 0 Å². The molecule has 4 aromatic rings. The Balaban J connectivity index is 0.0000000948. The maximum Gasteiger partial charge on any atom is 0.514 e. The van der Waals surface area contributed by atoms with Crippen LogP contribution in [0.3, 0.4) is 0 Å². The Labute approximate surface area is 775 Å². The standard InChI is InChI=1S/4C15H15NO7.4C8H12O3/c4*17-15(22-10-3-1-9(2-4-10)16(18)19)23-13-8-5-11-12(13)7-21-14(11)20-6-8;4*9-7-4-1-5-6(7)3-11-8(5)10-2-4/h4*1-4,8,11-14H,5-7H2;4*4-9H,1-3H2. The third-order valence-electron chi connectivity index (χ3n) is 32.4. The van der Waals surface area contributed by atoms with Gasteiger partial charge in [0.1, 0.15) is 47.4 Å². The molecule has 136 heavy (non-hydrogen) atoms. The van der Waals surface area contributed by atoms with Gasteiger partial charge in [0.2, 0.25) is 0 Å². The van der Waals surface area contributed by atoms with Gasteiger partial charge in [-0.15, -0.1) is 0 Å². The minimum Gasteiger partial charge on any atom is -0.430 e. The fraction of sp³-hybridized carbons (Fsp3) is 0.696. The van der Waals surface area contributed by atoms with E-state index in [4.69, 9.17) is 114 Å². The summed E-state index contributed by atoms with van der Waals surface area (Å²) in [5.41, 5.74) is -0.272. The number of fused-ring (bicyclic) bond motifs is 8. The molecular weight excluding hydrogens is 1800 g/mol. The van der Waals surface area contributed by atoms with Crippen LogP contribution in [-0.4, -0.2) is 270 Å². The molecule has 0 radical (unpaired) electrons. The van der Waals surface area contributed by atoms with Crippen molar-refractivity contribution in [2.45, 2.75) is 151 Å². The molecule has 24 fully saturated rings. The zero-order valence-electron chi connectivity index (χ0n) is 73.6. The van der Waals surface area contributed by atoms with Crippen molar-refractivity contribution in [1.82, 2.24) is 0 Å². The van der Waals surface area contributed by atoms with Crippen LogP contribution in [0.4, 0.5) is 41.9 Å². The number of hydrogen-bond acceptors (Lipinski definition) is 40. The Bertz CT molecular complexity index is 4360. The topological polar surface area (TPSA) is 543 Å². The lowest BCUT2D eigenvalue weighted by Gasteiger charge is -2.27. The van der Waals surface area contributed by atoms with Gasteiger partial charge in [-0.1, -0.05) is 0 Å². The van der Waals surface area contributed by atoms with Gasteiger partial charge in [-0.05, 0) is 99.9 Å². The minimum atomic E-state index is -0.806. The Hall–Kier alpha value is -9.24. The van der Waals surface area contributed by atoms with E-state index in [0.717, 1.165) is 51.4 Å². The summed E-state index contributed by atoms with van der Waals surface area (Å²) in [6.07, 6.45) is 2.60. The molecule has 16 saturated heterocycles. The largest absolute Gasteiger partial charge is 0.514 e. The van der Waals surface area contributed by atoms with Crippen LogP contribution >= 0.6 is 0 Å². The van der Waals surface area contributed by atoms with E-state index in [1.807, 2.05) is 0 Å². The Morgan fingerprint density at radius 1 is 0.221 bits per heavy atom. The second-order valence-electron chi connectivity index (χ2n) is 39.6. The van der Waals surface area contributed by atoms with Gasteiger partial charge in [0, 0.05) is 191 Å². The van der Waals surface area contributed by atoms with Crippen LogP contribution < -0.4 is 18.9 Å². The van der Waals surface area contributed by atoms with Gasteiger partial charge in [0.05, 0.1) is 150 Å². The molecule has 8 saturated carbocycles. The Morgan fingerprint density at radius 3 is 0.544 bits per heavy atom. The highest BCUT2D eigenvalue weighted by molar-refractivity contribution is 5.66. The Kier molecular flexibility index (Phi) is 27.0. The zero-order valence-corrected chi connectivity index (χ0v) is 73.6. The van der Waals surface area contributed by atoms with E-state index < -0.39 is 44.3 Å². The minimum absolute atomic E-state index is 0.00778. The molecule has 736 valence electrons. The maximum absolute atomic E-state index is 12.0. The number of carbonyl (C=O) groups excluding carboxylic acids is 4. The van der Waals surface area contributed by atoms with Gasteiger partial charge in [0.25, 0.3) is 22.7 Å². The van der Waals surface area contributed by atoms with Crippen LogP contribution in [0.1, 0.15) is 51.4 Å².